The number of rotatable bonds is 2. The molecule has 2 N–H and O–H groups in total. The van der Waals surface area contributed by atoms with E-state index >= 15 is 0 Å². The smallest absolute Gasteiger partial charge is 0.150 e. The van der Waals surface area contributed by atoms with Gasteiger partial charge in [-0.3, -0.25) is 5.10 Å². The van der Waals surface area contributed by atoms with Crippen LogP contribution < -0.4 is 5.32 Å². The fourth-order valence-electron chi connectivity index (χ4n) is 2.37. The molecule has 90 valence electrons. The van der Waals surface area contributed by atoms with Gasteiger partial charge >= 0.3 is 0 Å². The monoisotopic (exact) mass is 231 g/mol. The largest absolute Gasteiger partial charge is 0.463 e. The molecule has 3 rings (SSSR count). The minimum absolute atomic E-state index is 0.609. The Morgan fingerprint density at radius 2 is 2.18 bits per heavy atom. The van der Waals surface area contributed by atoms with Gasteiger partial charge in [0.15, 0.2) is 0 Å². The Morgan fingerprint density at radius 3 is 2.94 bits per heavy atom. The Balaban J connectivity index is 1.75. The van der Waals surface area contributed by atoms with E-state index in [-0.39, 0.29) is 0 Å². The highest BCUT2D eigenvalue weighted by atomic mass is 16.5. The van der Waals surface area contributed by atoms with Crippen molar-refractivity contribution in [3.05, 3.63) is 35.9 Å². The molecule has 0 radical (unpaired) electrons. The molecule has 0 bridgehead atoms. The van der Waals surface area contributed by atoms with Gasteiger partial charge in [-0.15, -0.1) is 0 Å². The van der Waals surface area contributed by atoms with E-state index in [1.165, 1.54) is 18.5 Å². The van der Waals surface area contributed by atoms with Gasteiger partial charge in [0.05, 0.1) is 6.26 Å². The molecule has 0 aromatic carbocycles. The summed E-state index contributed by atoms with van der Waals surface area (Å²) in [7, 11) is 0. The summed E-state index contributed by atoms with van der Waals surface area (Å²) in [4.78, 5) is 0. The van der Waals surface area contributed by atoms with Crippen LogP contribution in [-0.4, -0.2) is 23.3 Å². The molecule has 0 saturated carbocycles. The average molecular weight is 231 g/mol. The van der Waals surface area contributed by atoms with E-state index in [1.807, 2.05) is 6.08 Å². The lowest BCUT2D eigenvalue weighted by atomic mass is 9.94. The summed E-state index contributed by atoms with van der Waals surface area (Å²) in [6, 6.07) is 2.13. The molecule has 1 aromatic heterocycles. The molecule has 0 spiro atoms. The summed E-state index contributed by atoms with van der Waals surface area (Å²) in [5.41, 5.74) is 2.16. The Morgan fingerprint density at radius 1 is 1.29 bits per heavy atom. The highest BCUT2D eigenvalue weighted by molar-refractivity contribution is 5.58. The number of aromatic nitrogens is 2. The average Bonchev–Trinajstić information content (AvgIpc) is 2.90. The van der Waals surface area contributed by atoms with Crippen molar-refractivity contribution in [2.45, 2.75) is 25.2 Å². The first-order valence-corrected chi connectivity index (χ1v) is 6.22. The lowest BCUT2D eigenvalue weighted by molar-refractivity contribution is 0.425. The summed E-state index contributed by atoms with van der Waals surface area (Å²) in [6.45, 7) is 2.20. The fraction of sp³-hybridized carbons (Fsp3) is 0.462. The van der Waals surface area contributed by atoms with Crippen molar-refractivity contribution in [1.29, 1.82) is 0 Å². The van der Waals surface area contributed by atoms with Gasteiger partial charge in [-0.05, 0) is 50.6 Å². The van der Waals surface area contributed by atoms with Crippen molar-refractivity contribution in [3.8, 4) is 0 Å². The summed E-state index contributed by atoms with van der Waals surface area (Å²) >= 11 is 0. The first-order chi connectivity index (χ1) is 8.43. The standard InChI is InChI=1S/C13H17N3O/c1-2-8-17-13(3-1)12-9-11(15-16-12)10-4-6-14-7-5-10/h2-3,8-10,14H,1,4-7H2,(H,15,16). The molecule has 17 heavy (non-hydrogen) atoms. The van der Waals surface area contributed by atoms with E-state index in [0.29, 0.717) is 5.92 Å². The zero-order valence-electron chi connectivity index (χ0n) is 9.78. The van der Waals surface area contributed by atoms with Gasteiger partial charge in [0.1, 0.15) is 11.5 Å². The summed E-state index contributed by atoms with van der Waals surface area (Å²) in [5.74, 6) is 1.47. The molecule has 0 aliphatic carbocycles. The van der Waals surface area contributed by atoms with Crippen molar-refractivity contribution in [1.82, 2.24) is 15.5 Å². The summed E-state index contributed by atoms with van der Waals surface area (Å²) < 4.78 is 5.45. The number of hydrogen-bond donors (Lipinski definition) is 2. The number of ether oxygens (including phenoxy) is 1. The van der Waals surface area contributed by atoms with E-state index in [2.05, 4.69) is 27.7 Å². The third-order valence-electron chi connectivity index (χ3n) is 3.36. The second-order valence-corrected chi connectivity index (χ2v) is 4.53. The zero-order chi connectivity index (χ0) is 11.5. The maximum absolute atomic E-state index is 5.45. The molecular formula is C13H17N3O. The molecule has 2 aliphatic rings. The van der Waals surface area contributed by atoms with Gasteiger partial charge in [-0.25, -0.2) is 0 Å². The Bertz CT molecular complexity index is 441. The molecule has 4 heteroatoms. The van der Waals surface area contributed by atoms with E-state index < -0.39 is 0 Å². The highest BCUT2D eigenvalue weighted by Crippen LogP contribution is 2.26. The number of nitrogens with zero attached hydrogens (tertiary/aromatic N) is 1. The summed E-state index contributed by atoms with van der Waals surface area (Å²) in [5, 5.41) is 10.9. The fourth-order valence-corrected chi connectivity index (χ4v) is 2.37. The number of piperidine rings is 1. The van der Waals surface area contributed by atoms with Crippen LogP contribution in [0.1, 0.15) is 36.6 Å². The molecule has 1 fully saturated rings. The number of aromatic amines is 1. The Labute approximate surface area is 101 Å². The van der Waals surface area contributed by atoms with Crippen LogP contribution in [0.5, 0.6) is 0 Å². The molecular weight excluding hydrogens is 214 g/mol. The maximum atomic E-state index is 5.45. The molecule has 1 saturated heterocycles. The van der Waals surface area contributed by atoms with Crippen LogP contribution in [0, 0.1) is 0 Å². The first-order valence-electron chi connectivity index (χ1n) is 6.22. The molecule has 3 heterocycles. The van der Waals surface area contributed by atoms with Crippen LogP contribution in [0.25, 0.3) is 5.76 Å². The lowest BCUT2D eigenvalue weighted by Crippen LogP contribution is -2.26. The number of nitrogens with one attached hydrogen (secondary N) is 2. The minimum atomic E-state index is 0.609. The Kier molecular flexibility index (Phi) is 2.96. The van der Waals surface area contributed by atoms with Gasteiger partial charge in [-0.1, -0.05) is 0 Å². The van der Waals surface area contributed by atoms with Gasteiger partial charge in [0.25, 0.3) is 0 Å². The van der Waals surface area contributed by atoms with E-state index in [4.69, 9.17) is 4.74 Å². The zero-order valence-corrected chi connectivity index (χ0v) is 9.78. The van der Waals surface area contributed by atoms with Crippen molar-refractivity contribution in [2.24, 2.45) is 0 Å². The van der Waals surface area contributed by atoms with E-state index in [9.17, 15) is 0 Å². The van der Waals surface area contributed by atoms with Crippen molar-refractivity contribution < 1.29 is 4.74 Å². The molecule has 0 unspecified atom stereocenters. The quantitative estimate of drug-likeness (QED) is 0.820. The molecule has 1 aromatic rings. The van der Waals surface area contributed by atoms with Gasteiger partial charge in [-0.2, -0.15) is 5.10 Å². The van der Waals surface area contributed by atoms with Crippen molar-refractivity contribution in [2.75, 3.05) is 13.1 Å². The normalized spacial score (nSPS) is 21.1. The van der Waals surface area contributed by atoms with Gasteiger partial charge in [0, 0.05) is 11.6 Å². The lowest BCUT2D eigenvalue weighted by Gasteiger charge is -2.20. The SMILES string of the molecule is C1=COC(c2cc(C3CCNCC3)[nH]n2)=CC1. The van der Waals surface area contributed by atoms with Gasteiger partial charge in [0.2, 0.25) is 0 Å². The third kappa shape index (κ3) is 2.26. The van der Waals surface area contributed by atoms with Crippen LogP contribution >= 0.6 is 0 Å². The van der Waals surface area contributed by atoms with Gasteiger partial charge < -0.3 is 10.1 Å². The first kappa shape index (κ1) is 10.6. The Hall–Kier alpha value is -1.55. The number of allylic oxidation sites excluding steroid dienone is 2. The van der Waals surface area contributed by atoms with Crippen molar-refractivity contribution in [3.63, 3.8) is 0 Å². The van der Waals surface area contributed by atoms with Crippen LogP contribution in [0.2, 0.25) is 0 Å². The van der Waals surface area contributed by atoms with E-state index in [1.54, 1.807) is 6.26 Å². The second kappa shape index (κ2) is 4.75. The predicted octanol–water partition coefficient (Wildman–Crippen LogP) is 2.15. The third-order valence-corrected chi connectivity index (χ3v) is 3.36. The maximum Gasteiger partial charge on any atom is 0.150 e. The molecule has 4 nitrogen and oxygen atoms in total. The predicted molar refractivity (Wildman–Crippen MR) is 66.3 cm³/mol. The van der Waals surface area contributed by atoms with Crippen LogP contribution in [0.4, 0.5) is 0 Å². The minimum Gasteiger partial charge on any atom is -0.463 e. The van der Waals surface area contributed by atoms with Crippen molar-refractivity contribution >= 4 is 5.76 Å². The second-order valence-electron chi connectivity index (χ2n) is 4.53. The summed E-state index contributed by atoms with van der Waals surface area (Å²) in [6.07, 6.45) is 9.06. The highest BCUT2D eigenvalue weighted by Gasteiger charge is 2.18. The number of hydrogen-bond acceptors (Lipinski definition) is 3. The topological polar surface area (TPSA) is 49.9 Å². The van der Waals surface area contributed by atoms with Crippen LogP contribution in [0.15, 0.2) is 24.5 Å². The number of H-pyrrole nitrogens is 1. The van der Waals surface area contributed by atoms with Crippen LogP contribution in [-0.2, 0) is 4.74 Å². The van der Waals surface area contributed by atoms with Crippen LogP contribution in [0.3, 0.4) is 0 Å². The molecule has 0 amide bonds. The molecule has 0 atom stereocenters. The molecule has 2 aliphatic heterocycles. The van der Waals surface area contributed by atoms with E-state index in [0.717, 1.165) is 31.0 Å².